The molecule has 0 aromatic heterocycles. The van der Waals surface area contributed by atoms with E-state index in [0.29, 0.717) is 13.2 Å². The molecule has 0 fully saturated rings. The number of hydrogen-bond donors (Lipinski definition) is 3. The summed E-state index contributed by atoms with van der Waals surface area (Å²) in [6, 6.07) is -1.44. The first-order valence-corrected chi connectivity index (χ1v) is 5.38. The van der Waals surface area contributed by atoms with Crippen molar-refractivity contribution in [3.8, 4) is 0 Å². The summed E-state index contributed by atoms with van der Waals surface area (Å²) in [6.07, 6.45) is 1.64. The zero-order valence-corrected chi connectivity index (χ0v) is 10.2. The fourth-order valence-corrected chi connectivity index (χ4v) is 1.21. The third-order valence-electron chi connectivity index (χ3n) is 2.07. The van der Waals surface area contributed by atoms with Crippen molar-refractivity contribution in [2.45, 2.75) is 19.4 Å². The van der Waals surface area contributed by atoms with E-state index in [0.717, 1.165) is 0 Å². The summed E-state index contributed by atoms with van der Waals surface area (Å²) in [6.45, 7) is 6.32. The molecule has 0 aliphatic heterocycles. The number of hydrogen-bond acceptors (Lipinski definition) is 3. The molecule has 0 bridgehead atoms. The Hall–Kier alpha value is -1.56. The number of carboxylic acid groups (broad SMARTS) is 1. The van der Waals surface area contributed by atoms with Crippen LogP contribution in [0.3, 0.4) is 0 Å². The Morgan fingerprint density at radius 2 is 2.18 bits per heavy atom. The average molecular weight is 244 g/mol. The number of rotatable bonds is 8. The van der Waals surface area contributed by atoms with E-state index in [1.54, 1.807) is 7.11 Å². The first-order chi connectivity index (χ1) is 8.01. The van der Waals surface area contributed by atoms with Crippen LogP contribution in [0.2, 0.25) is 0 Å². The van der Waals surface area contributed by atoms with Gasteiger partial charge in [-0.2, -0.15) is 0 Å². The van der Waals surface area contributed by atoms with Crippen molar-refractivity contribution in [1.29, 1.82) is 0 Å². The van der Waals surface area contributed by atoms with Gasteiger partial charge in [-0.05, 0) is 12.3 Å². The van der Waals surface area contributed by atoms with E-state index < -0.39 is 18.0 Å². The summed E-state index contributed by atoms with van der Waals surface area (Å²) in [5, 5.41) is 13.7. The van der Waals surface area contributed by atoms with Gasteiger partial charge in [-0.3, -0.25) is 0 Å². The Morgan fingerprint density at radius 1 is 1.53 bits per heavy atom. The maximum absolute atomic E-state index is 11.4. The highest BCUT2D eigenvalue weighted by molar-refractivity contribution is 5.82. The lowest BCUT2D eigenvalue weighted by Gasteiger charge is -2.15. The smallest absolute Gasteiger partial charge is 0.326 e. The molecular weight excluding hydrogens is 224 g/mol. The molecule has 0 aliphatic rings. The Morgan fingerprint density at radius 3 is 2.65 bits per heavy atom. The fourth-order valence-electron chi connectivity index (χ4n) is 1.21. The fraction of sp³-hybridized carbons (Fsp3) is 0.636. The van der Waals surface area contributed by atoms with Gasteiger partial charge in [-0.25, -0.2) is 9.59 Å². The van der Waals surface area contributed by atoms with Crippen LogP contribution in [0.15, 0.2) is 12.7 Å². The van der Waals surface area contributed by atoms with Crippen molar-refractivity contribution in [2.75, 3.05) is 20.3 Å². The second-order valence-electron chi connectivity index (χ2n) is 3.83. The van der Waals surface area contributed by atoms with Gasteiger partial charge in [0.25, 0.3) is 0 Å². The third-order valence-corrected chi connectivity index (χ3v) is 2.07. The monoisotopic (exact) mass is 244 g/mol. The van der Waals surface area contributed by atoms with E-state index in [1.807, 2.05) is 6.92 Å². The minimum Gasteiger partial charge on any atom is -0.480 e. The summed E-state index contributed by atoms with van der Waals surface area (Å²) in [5.41, 5.74) is 0. The number of amides is 2. The highest BCUT2D eigenvalue weighted by Gasteiger charge is 2.18. The molecule has 0 heterocycles. The quantitative estimate of drug-likeness (QED) is 0.545. The van der Waals surface area contributed by atoms with Gasteiger partial charge in [-0.1, -0.05) is 13.0 Å². The minimum atomic E-state index is -1.08. The summed E-state index contributed by atoms with van der Waals surface area (Å²) in [5.74, 6) is -0.904. The molecule has 0 saturated heterocycles. The summed E-state index contributed by atoms with van der Waals surface area (Å²) >= 11 is 0. The molecule has 2 unspecified atom stereocenters. The van der Waals surface area contributed by atoms with Crippen LogP contribution in [-0.4, -0.2) is 43.4 Å². The second kappa shape index (κ2) is 8.58. The summed E-state index contributed by atoms with van der Waals surface area (Å²) in [7, 11) is 1.58. The lowest BCUT2D eigenvalue weighted by Crippen LogP contribution is -2.46. The highest BCUT2D eigenvalue weighted by atomic mass is 16.5. The van der Waals surface area contributed by atoms with Gasteiger partial charge >= 0.3 is 12.0 Å². The van der Waals surface area contributed by atoms with Crippen molar-refractivity contribution in [2.24, 2.45) is 5.92 Å². The molecule has 0 aliphatic carbocycles. The number of carboxylic acids is 1. The van der Waals surface area contributed by atoms with Gasteiger partial charge in [0.2, 0.25) is 0 Å². The molecular formula is C11H20N2O4. The number of aliphatic carboxylic acids is 1. The number of urea groups is 1. The topological polar surface area (TPSA) is 87.7 Å². The summed E-state index contributed by atoms with van der Waals surface area (Å²) in [4.78, 5) is 22.1. The molecule has 0 saturated carbocycles. The van der Waals surface area contributed by atoms with Gasteiger partial charge in [0, 0.05) is 13.7 Å². The number of methoxy groups -OCH3 is 1. The molecule has 0 aromatic carbocycles. The van der Waals surface area contributed by atoms with Crippen LogP contribution in [-0.2, 0) is 9.53 Å². The van der Waals surface area contributed by atoms with Gasteiger partial charge in [0.1, 0.15) is 6.04 Å². The Labute approximate surface area is 101 Å². The SMILES string of the molecule is C=CCC(NC(=O)NCC(C)COC)C(=O)O. The van der Waals surface area contributed by atoms with E-state index >= 15 is 0 Å². The molecule has 3 N–H and O–H groups in total. The number of nitrogens with one attached hydrogen (secondary N) is 2. The van der Waals surface area contributed by atoms with Crippen molar-refractivity contribution >= 4 is 12.0 Å². The summed E-state index contributed by atoms with van der Waals surface area (Å²) < 4.78 is 4.91. The van der Waals surface area contributed by atoms with Crippen LogP contribution in [0.1, 0.15) is 13.3 Å². The van der Waals surface area contributed by atoms with E-state index in [2.05, 4.69) is 17.2 Å². The number of carbonyl (C=O) groups excluding carboxylic acids is 1. The van der Waals surface area contributed by atoms with Gasteiger partial charge in [-0.15, -0.1) is 6.58 Å². The molecule has 17 heavy (non-hydrogen) atoms. The standard InChI is InChI=1S/C11H20N2O4/c1-4-5-9(10(14)15)13-11(16)12-6-8(2)7-17-3/h4,8-9H,1,5-7H2,2-3H3,(H,14,15)(H2,12,13,16). The van der Waals surface area contributed by atoms with Gasteiger partial charge < -0.3 is 20.5 Å². The second-order valence-corrected chi connectivity index (χ2v) is 3.83. The Balaban J connectivity index is 3.97. The van der Waals surface area contributed by atoms with E-state index in [4.69, 9.17) is 9.84 Å². The van der Waals surface area contributed by atoms with E-state index in [-0.39, 0.29) is 12.3 Å². The number of carbonyl (C=O) groups is 2. The predicted octanol–water partition coefficient (Wildman–Crippen LogP) is 0.597. The largest absolute Gasteiger partial charge is 0.480 e. The molecule has 6 nitrogen and oxygen atoms in total. The average Bonchev–Trinajstić information content (AvgIpc) is 2.26. The van der Waals surface area contributed by atoms with Crippen LogP contribution in [0.4, 0.5) is 4.79 Å². The van der Waals surface area contributed by atoms with Gasteiger partial charge in [0.05, 0.1) is 6.61 Å². The maximum Gasteiger partial charge on any atom is 0.326 e. The van der Waals surface area contributed by atoms with Crippen LogP contribution in [0.25, 0.3) is 0 Å². The van der Waals surface area contributed by atoms with Crippen molar-refractivity contribution in [3.05, 3.63) is 12.7 Å². The first-order valence-electron chi connectivity index (χ1n) is 5.38. The molecule has 6 heteroatoms. The van der Waals surface area contributed by atoms with Crippen LogP contribution in [0, 0.1) is 5.92 Å². The minimum absolute atomic E-state index is 0.174. The molecule has 2 amide bonds. The zero-order valence-electron chi connectivity index (χ0n) is 10.2. The molecule has 98 valence electrons. The molecule has 2 atom stereocenters. The van der Waals surface area contributed by atoms with Crippen molar-refractivity contribution in [1.82, 2.24) is 10.6 Å². The Kier molecular flexibility index (Phi) is 7.79. The third kappa shape index (κ3) is 7.35. The lowest BCUT2D eigenvalue weighted by atomic mass is 10.2. The van der Waals surface area contributed by atoms with E-state index in [9.17, 15) is 9.59 Å². The molecule has 0 aromatic rings. The maximum atomic E-state index is 11.4. The van der Waals surface area contributed by atoms with Crippen LogP contribution < -0.4 is 10.6 Å². The van der Waals surface area contributed by atoms with Crippen LogP contribution >= 0.6 is 0 Å². The first kappa shape index (κ1) is 15.4. The zero-order chi connectivity index (χ0) is 13.3. The van der Waals surface area contributed by atoms with E-state index in [1.165, 1.54) is 6.08 Å². The lowest BCUT2D eigenvalue weighted by molar-refractivity contribution is -0.139. The molecule has 0 rings (SSSR count). The highest BCUT2D eigenvalue weighted by Crippen LogP contribution is 1.94. The molecule has 0 radical (unpaired) electrons. The predicted molar refractivity (Wildman–Crippen MR) is 63.8 cm³/mol. The molecule has 0 spiro atoms. The Bertz CT molecular complexity index is 268. The number of ether oxygens (including phenoxy) is 1. The van der Waals surface area contributed by atoms with Gasteiger partial charge in [0.15, 0.2) is 0 Å². The van der Waals surface area contributed by atoms with Crippen molar-refractivity contribution in [3.63, 3.8) is 0 Å². The van der Waals surface area contributed by atoms with Crippen molar-refractivity contribution < 1.29 is 19.4 Å². The van der Waals surface area contributed by atoms with Crippen LogP contribution in [0.5, 0.6) is 0 Å². The normalized spacial score (nSPS) is 13.5.